The van der Waals surface area contributed by atoms with E-state index in [1.165, 1.54) is 11.1 Å². The SMILES string of the molecule is CCNC(=NCCc1ccc(OC)c(OC)c1)N(C)Cc1ccccc1. The molecule has 2 aromatic rings. The highest BCUT2D eigenvalue weighted by Gasteiger charge is 2.07. The van der Waals surface area contributed by atoms with Crippen molar-refractivity contribution in [1.82, 2.24) is 10.2 Å². The van der Waals surface area contributed by atoms with E-state index in [0.717, 1.165) is 37.0 Å². The van der Waals surface area contributed by atoms with Gasteiger partial charge in [0.15, 0.2) is 17.5 Å². The van der Waals surface area contributed by atoms with Crippen LogP contribution in [0.3, 0.4) is 0 Å². The van der Waals surface area contributed by atoms with Crippen molar-refractivity contribution >= 4 is 5.96 Å². The zero-order valence-electron chi connectivity index (χ0n) is 16.2. The van der Waals surface area contributed by atoms with Crippen LogP contribution >= 0.6 is 0 Å². The lowest BCUT2D eigenvalue weighted by atomic mass is 10.1. The number of aliphatic imine (C=N–C) groups is 1. The van der Waals surface area contributed by atoms with Crippen LogP contribution in [0.4, 0.5) is 0 Å². The Morgan fingerprint density at radius 3 is 2.38 bits per heavy atom. The normalized spacial score (nSPS) is 11.2. The average molecular weight is 355 g/mol. The highest BCUT2D eigenvalue weighted by Crippen LogP contribution is 2.27. The molecule has 5 nitrogen and oxygen atoms in total. The molecule has 0 aromatic heterocycles. The molecule has 0 heterocycles. The van der Waals surface area contributed by atoms with Gasteiger partial charge in [0.1, 0.15) is 0 Å². The lowest BCUT2D eigenvalue weighted by Gasteiger charge is -2.22. The first-order valence-electron chi connectivity index (χ1n) is 8.92. The van der Waals surface area contributed by atoms with Crippen molar-refractivity contribution in [3.05, 3.63) is 59.7 Å². The molecule has 0 unspecified atom stereocenters. The molecule has 0 amide bonds. The van der Waals surface area contributed by atoms with Crippen LogP contribution < -0.4 is 14.8 Å². The molecular weight excluding hydrogens is 326 g/mol. The second kappa shape index (κ2) is 10.3. The molecule has 0 saturated heterocycles. The molecule has 0 radical (unpaired) electrons. The summed E-state index contributed by atoms with van der Waals surface area (Å²) in [5, 5.41) is 3.36. The zero-order chi connectivity index (χ0) is 18.8. The summed E-state index contributed by atoms with van der Waals surface area (Å²) in [5.74, 6) is 2.41. The molecule has 1 N–H and O–H groups in total. The van der Waals surface area contributed by atoms with Gasteiger partial charge in [-0.1, -0.05) is 36.4 Å². The van der Waals surface area contributed by atoms with E-state index in [0.29, 0.717) is 6.54 Å². The summed E-state index contributed by atoms with van der Waals surface area (Å²) in [6.45, 7) is 4.45. The van der Waals surface area contributed by atoms with Crippen LogP contribution in [0.1, 0.15) is 18.1 Å². The van der Waals surface area contributed by atoms with Crippen molar-refractivity contribution < 1.29 is 9.47 Å². The maximum Gasteiger partial charge on any atom is 0.193 e. The molecule has 2 aromatic carbocycles. The molecule has 0 aliphatic carbocycles. The van der Waals surface area contributed by atoms with Gasteiger partial charge >= 0.3 is 0 Å². The van der Waals surface area contributed by atoms with Crippen molar-refractivity contribution in [2.24, 2.45) is 4.99 Å². The molecule has 0 bridgehead atoms. The predicted octanol–water partition coefficient (Wildman–Crippen LogP) is 3.34. The van der Waals surface area contributed by atoms with Crippen LogP contribution in [-0.2, 0) is 13.0 Å². The van der Waals surface area contributed by atoms with Crippen molar-refractivity contribution in [3.63, 3.8) is 0 Å². The first-order chi connectivity index (χ1) is 12.7. The molecule has 0 atom stereocenters. The van der Waals surface area contributed by atoms with Crippen LogP contribution in [0.15, 0.2) is 53.5 Å². The monoisotopic (exact) mass is 355 g/mol. The number of nitrogens with one attached hydrogen (secondary N) is 1. The van der Waals surface area contributed by atoms with E-state index in [9.17, 15) is 0 Å². The molecule has 140 valence electrons. The Kier molecular flexibility index (Phi) is 7.80. The van der Waals surface area contributed by atoms with E-state index in [4.69, 9.17) is 14.5 Å². The predicted molar refractivity (Wildman–Crippen MR) is 107 cm³/mol. The average Bonchev–Trinajstić information content (AvgIpc) is 2.67. The van der Waals surface area contributed by atoms with E-state index in [1.54, 1.807) is 14.2 Å². The number of methoxy groups -OCH3 is 2. The molecule has 0 saturated carbocycles. The summed E-state index contributed by atoms with van der Waals surface area (Å²) >= 11 is 0. The Hall–Kier alpha value is -2.69. The Morgan fingerprint density at radius 2 is 1.73 bits per heavy atom. The van der Waals surface area contributed by atoms with Crippen LogP contribution in [0.2, 0.25) is 0 Å². The fraction of sp³-hybridized carbons (Fsp3) is 0.381. The molecule has 0 aliphatic heterocycles. The minimum atomic E-state index is 0.705. The fourth-order valence-electron chi connectivity index (χ4n) is 2.73. The number of hydrogen-bond acceptors (Lipinski definition) is 3. The second-order valence-corrected chi connectivity index (χ2v) is 6.02. The summed E-state index contributed by atoms with van der Waals surface area (Å²) < 4.78 is 10.7. The van der Waals surface area contributed by atoms with Crippen LogP contribution in [0.25, 0.3) is 0 Å². The first kappa shape index (κ1) is 19.6. The van der Waals surface area contributed by atoms with Gasteiger partial charge in [-0.3, -0.25) is 4.99 Å². The van der Waals surface area contributed by atoms with Gasteiger partial charge < -0.3 is 19.7 Å². The van der Waals surface area contributed by atoms with Gasteiger partial charge in [0.25, 0.3) is 0 Å². The Morgan fingerprint density at radius 1 is 1.00 bits per heavy atom. The molecule has 0 fully saturated rings. The van der Waals surface area contributed by atoms with Crippen molar-refractivity contribution in [1.29, 1.82) is 0 Å². The van der Waals surface area contributed by atoms with Gasteiger partial charge in [0.05, 0.1) is 14.2 Å². The summed E-state index contributed by atoms with van der Waals surface area (Å²) in [5.41, 5.74) is 2.44. The number of hydrogen-bond donors (Lipinski definition) is 1. The van der Waals surface area contributed by atoms with E-state index in [2.05, 4.69) is 54.5 Å². The molecule has 5 heteroatoms. The second-order valence-electron chi connectivity index (χ2n) is 6.02. The van der Waals surface area contributed by atoms with Gasteiger partial charge in [-0.25, -0.2) is 0 Å². The van der Waals surface area contributed by atoms with Gasteiger partial charge in [0.2, 0.25) is 0 Å². The quantitative estimate of drug-likeness (QED) is 0.583. The van der Waals surface area contributed by atoms with Crippen LogP contribution in [-0.4, -0.2) is 45.2 Å². The third-order valence-corrected chi connectivity index (χ3v) is 4.07. The van der Waals surface area contributed by atoms with E-state index in [-0.39, 0.29) is 0 Å². The van der Waals surface area contributed by atoms with Gasteiger partial charge in [-0.05, 0) is 36.6 Å². The summed E-state index contributed by atoms with van der Waals surface area (Å²) in [6, 6.07) is 16.4. The standard InChI is InChI=1S/C21H29N3O2/c1-5-22-21(24(2)16-18-9-7-6-8-10-18)23-14-13-17-11-12-19(25-3)20(15-17)26-4/h6-12,15H,5,13-14,16H2,1-4H3,(H,22,23). The Balaban J connectivity index is 2.00. The van der Waals surface area contributed by atoms with E-state index >= 15 is 0 Å². The van der Waals surface area contributed by atoms with Crippen LogP contribution in [0, 0.1) is 0 Å². The summed E-state index contributed by atoms with van der Waals surface area (Å²) in [4.78, 5) is 6.91. The lowest BCUT2D eigenvalue weighted by molar-refractivity contribution is 0.354. The molecule has 26 heavy (non-hydrogen) atoms. The molecule has 0 spiro atoms. The lowest BCUT2D eigenvalue weighted by Crippen LogP contribution is -2.38. The number of nitrogens with zero attached hydrogens (tertiary/aromatic N) is 2. The maximum atomic E-state index is 5.37. The number of benzene rings is 2. The minimum Gasteiger partial charge on any atom is -0.493 e. The van der Waals surface area contributed by atoms with Crippen molar-refractivity contribution in [3.8, 4) is 11.5 Å². The topological polar surface area (TPSA) is 46.1 Å². The summed E-state index contributed by atoms with van der Waals surface area (Å²) in [6.07, 6.45) is 0.842. The van der Waals surface area contributed by atoms with Gasteiger partial charge in [-0.2, -0.15) is 0 Å². The minimum absolute atomic E-state index is 0.705. The van der Waals surface area contributed by atoms with Gasteiger partial charge in [-0.15, -0.1) is 0 Å². The third-order valence-electron chi connectivity index (χ3n) is 4.07. The Bertz CT molecular complexity index is 702. The largest absolute Gasteiger partial charge is 0.493 e. The number of guanidine groups is 1. The molecule has 2 rings (SSSR count). The number of rotatable bonds is 8. The fourth-order valence-corrected chi connectivity index (χ4v) is 2.73. The highest BCUT2D eigenvalue weighted by atomic mass is 16.5. The van der Waals surface area contributed by atoms with E-state index < -0.39 is 0 Å². The summed E-state index contributed by atoms with van der Waals surface area (Å²) in [7, 11) is 5.36. The van der Waals surface area contributed by atoms with E-state index in [1.807, 2.05) is 18.2 Å². The highest BCUT2D eigenvalue weighted by molar-refractivity contribution is 5.79. The number of ether oxygens (including phenoxy) is 2. The maximum absolute atomic E-state index is 5.37. The van der Waals surface area contributed by atoms with Gasteiger partial charge in [0, 0.05) is 26.7 Å². The smallest absolute Gasteiger partial charge is 0.193 e. The molecule has 0 aliphatic rings. The first-order valence-corrected chi connectivity index (χ1v) is 8.92. The molecular formula is C21H29N3O2. The third kappa shape index (κ3) is 5.69. The van der Waals surface area contributed by atoms with Crippen LogP contribution in [0.5, 0.6) is 11.5 Å². The van der Waals surface area contributed by atoms with Crippen molar-refractivity contribution in [2.75, 3.05) is 34.4 Å². The van der Waals surface area contributed by atoms with Crippen molar-refractivity contribution in [2.45, 2.75) is 19.9 Å². The zero-order valence-corrected chi connectivity index (χ0v) is 16.2. The Labute approximate surface area is 156 Å².